The second-order valence-electron chi connectivity index (χ2n) is 3.18. The molecule has 1 amide bonds. The minimum atomic E-state index is -0.753. The molecule has 0 fully saturated rings. The second-order valence-corrected chi connectivity index (χ2v) is 3.18. The third kappa shape index (κ3) is 4.04. The highest BCUT2D eigenvalue weighted by molar-refractivity contribution is 5.76. The molecule has 0 unspecified atom stereocenters. The molecule has 6 heteroatoms. The van der Waals surface area contributed by atoms with Crippen LogP contribution in [0, 0.1) is 15.9 Å². The number of nitro groups is 1. The number of benzene rings is 1. The lowest BCUT2D eigenvalue weighted by Gasteiger charge is -2.03. The van der Waals surface area contributed by atoms with E-state index in [1.165, 1.54) is 6.07 Å². The zero-order valence-electron chi connectivity index (χ0n) is 8.48. The predicted molar refractivity (Wildman–Crippen MR) is 55.0 cm³/mol. The van der Waals surface area contributed by atoms with Gasteiger partial charge in [0.2, 0.25) is 0 Å². The summed E-state index contributed by atoms with van der Waals surface area (Å²) in [6.45, 7) is -0.565. The van der Waals surface area contributed by atoms with Gasteiger partial charge in [-0.05, 0) is 18.1 Å². The monoisotopic (exact) mass is 226 g/mol. The fourth-order valence-corrected chi connectivity index (χ4v) is 1.21. The molecular formula is C10H11FN2O3. The highest BCUT2D eigenvalue weighted by Gasteiger charge is 2.08. The zero-order chi connectivity index (χ0) is 12.0. The first-order valence-corrected chi connectivity index (χ1v) is 4.71. The quantitative estimate of drug-likeness (QED) is 0.595. The second kappa shape index (κ2) is 5.79. The van der Waals surface area contributed by atoms with Gasteiger partial charge in [-0.3, -0.25) is 14.9 Å². The standard InChI is InChI=1S/C10H11FN2O3/c11-9-4-2-1-3-8(9)5-6-12-10(14)7-13(15)16/h1-4H,5-7H2,(H,12,14). The Balaban J connectivity index is 2.33. The first-order valence-electron chi connectivity index (χ1n) is 4.71. The van der Waals surface area contributed by atoms with Crippen LogP contribution in [-0.2, 0) is 11.2 Å². The molecule has 0 aromatic heterocycles. The van der Waals surface area contributed by atoms with Gasteiger partial charge in [0.15, 0.2) is 0 Å². The van der Waals surface area contributed by atoms with Crippen molar-refractivity contribution in [3.63, 3.8) is 0 Å². The SMILES string of the molecule is O=C(C[N+](=O)[O-])NCCc1ccccc1F. The highest BCUT2D eigenvalue weighted by atomic mass is 19.1. The van der Waals surface area contributed by atoms with Crippen molar-refractivity contribution in [1.29, 1.82) is 0 Å². The fourth-order valence-electron chi connectivity index (χ4n) is 1.21. The van der Waals surface area contributed by atoms with Crippen LogP contribution in [0.25, 0.3) is 0 Å². The maximum atomic E-state index is 13.1. The summed E-state index contributed by atoms with van der Waals surface area (Å²) in [5.41, 5.74) is 0.476. The summed E-state index contributed by atoms with van der Waals surface area (Å²) in [5, 5.41) is 12.3. The minimum Gasteiger partial charge on any atom is -0.350 e. The highest BCUT2D eigenvalue weighted by Crippen LogP contribution is 2.05. The van der Waals surface area contributed by atoms with Crippen molar-refractivity contribution in [3.05, 3.63) is 45.8 Å². The molecule has 0 aliphatic heterocycles. The Bertz CT molecular complexity index is 395. The summed E-state index contributed by atoms with van der Waals surface area (Å²) in [7, 11) is 0. The topological polar surface area (TPSA) is 72.2 Å². The van der Waals surface area contributed by atoms with E-state index < -0.39 is 17.4 Å². The number of halogens is 1. The van der Waals surface area contributed by atoms with Crippen molar-refractivity contribution in [2.24, 2.45) is 0 Å². The molecule has 0 saturated heterocycles. The van der Waals surface area contributed by atoms with Crippen molar-refractivity contribution in [2.75, 3.05) is 13.1 Å². The molecule has 0 spiro atoms. The molecule has 0 saturated carbocycles. The van der Waals surface area contributed by atoms with Gasteiger partial charge >= 0.3 is 0 Å². The number of nitrogens with zero attached hydrogens (tertiary/aromatic N) is 1. The van der Waals surface area contributed by atoms with Gasteiger partial charge in [-0.15, -0.1) is 0 Å². The summed E-state index contributed by atoms with van der Waals surface area (Å²) < 4.78 is 13.1. The normalized spacial score (nSPS) is 9.81. The molecule has 0 atom stereocenters. The zero-order valence-corrected chi connectivity index (χ0v) is 8.48. The van der Waals surface area contributed by atoms with E-state index in [9.17, 15) is 19.3 Å². The summed E-state index contributed by atoms with van der Waals surface area (Å²) in [6, 6.07) is 6.20. The lowest BCUT2D eigenvalue weighted by molar-refractivity contribution is -0.467. The smallest absolute Gasteiger partial charge is 0.291 e. The van der Waals surface area contributed by atoms with Crippen molar-refractivity contribution in [2.45, 2.75) is 6.42 Å². The van der Waals surface area contributed by atoms with Gasteiger partial charge in [0.25, 0.3) is 12.5 Å². The third-order valence-electron chi connectivity index (χ3n) is 1.95. The Morgan fingerprint density at radius 3 is 2.75 bits per heavy atom. The fraction of sp³-hybridized carbons (Fsp3) is 0.300. The van der Waals surface area contributed by atoms with Crippen LogP contribution in [0.4, 0.5) is 4.39 Å². The third-order valence-corrected chi connectivity index (χ3v) is 1.95. The van der Waals surface area contributed by atoms with Gasteiger partial charge in [-0.2, -0.15) is 0 Å². The molecule has 0 heterocycles. The summed E-state index contributed by atoms with van der Waals surface area (Å²) in [6.07, 6.45) is 0.316. The van der Waals surface area contributed by atoms with Crippen LogP contribution < -0.4 is 5.32 Å². The number of carbonyl (C=O) groups excluding carboxylic acids is 1. The number of rotatable bonds is 5. The van der Waals surface area contributed by atoms with Gasteiger partial charge in [0, 0.05) is 11.5 Å². The average molecular weight is 226 g/mol. The van der Waals surface area contributed by atoms with Crippen LogP contribution in [0.5, 0.6) is 0 Å². The van der Waals surface area contributed by atoms with E-state index in [4.69, 9.17) is 0 Å². The Hall–Kier alpha value is -1.98. The van der Waals surface area contributed by atoms with E-state index in [0.717, 1.165) is 0 Å². The van der Waals surface area contributed by atoms with Crippen LogP contribution in [0.3, 0.4) is 0 Å². The van der Waals surface area contributed by atoms with Crippen molar-refractivity contribution < 1.29 is 14.1 Å². The van der Waals surface area contributed by atoms with Crippen LogP contribution in [0.15, 0.2) is 24.3 Å². The molecular weight excluding hydrogens is 215 g/mol. The maximum Gasteiger partial charge on any atom is 0.291 e. The van der Waals surface area contributed by atoms with Gasteiger partial charge in [-0.1, -0.05) is 18.2 Å². The Morgan fingerprint density at radius 2 is 2.12 bits per heavy atom. The van der Waals surface area contributed by atoms with Crippen LogP contribution in [0.1, 0.15) is 5.56 Å². The lowest BCUT2D eigenvalue weighted by atomic mass is 10.1. The Morgan fingerprint density at radius 1 is 1.44 bits per heavy atom. The molecule has 0 aliphatic rings. The van der Waals surface area contributed by atoms with E-state index in [1.54, 1.807) is 18.2 Å². The molecule has 0 aliphatic carbocycles. The minimum absolute atomic E-state index is 0.188. The number of nitrogens with one attached hydrogen (secondary N) is 1. The maximum absolute atomic E-state index is 13.1. The van der Waals surface area contributed by atoms with E-state index >= 15 is 0 Å². The number of amides is 1. The van der Waals surface area contributed by atoms with Crippen molar-refractivity contribution in [3.8, 4) is 0 Å². The van der Waals surface area contributed by atoms with Gasteiger partial charge in [0.1, 0.15) is 5.82 Å². The Labute approximate surface area is 91.4 Å². The van der Waals surface area contributed by atoms with Crippen LogP contribution in [-0.4, -0.2) is 23.9 Å². The average Bonchev–Trinajstić information content (AvgIpc) is 2.19. The Kier molecular flexibility index (Phi) is 4.38. The van der Waals surface area contributed by atoms with E-state index in [0.29, 0.717) is 12.0 Å². The summed E-state index contributed by atoms with van der Waals surface area (Å²) in [4.78, 5) is 20.2. The molecule has 0 bridgehead atoms. The molecule has 86 valence electrons. The molecule has 5 nitrogen and oxygen atoms in total. The molecule has 0 radical (unpaired) electrons. The van der Waals surface area contributed by atoms with Gasteiger partial charge in [-0.25, -0.2) is 4.39 Å². The van der Waals surface area contributed by atoms with Crippen LogP contribution >= 0.6 is 0 Å². The molecule has 1 N–H and O–H groups in total. The van der Waals surface area contributed by atoms with E-state index in [1.807, 2.05) is 0 Å². The lowest BCUT2D eigenvalue weighted by Crippen LogP contribution is -2.31. The first-order chi connectivity index (χ1) is 7.59. The first kappa shape index (κ1) is 12.1. The van der Waals surface area contributed by atoms with Crippen molar-refractivity contribution >= 4 is 5.91 Å². The van der Waals surface area contributed by atoms with Crippen molar-refractivity contribution in [1.82, 2.24) is 5.32 Å². The number of hydrogen-bond donors (Lipinski definition) is 1. The summed E-state index contributed by atoms with van der Waals surface area (Å²) in [5.74, 6) is -1.01. The predicted octanol–water partition coefficient (Wildman–Crippen LogP) is 0.761. The molecule has 1 aromatic carbocycles. The largest absolute Gasteiger partial charge is 0.350 e. The molecule has 1 rings (SSSR count). The number of hydrogen-bond acceptors (Lipinski definition) is 3. The van der Waals surface area contributed by atoms with E-state index in [2.05, 4.69) is 5.32 Å². The molecule has 1 aromatic rings. The molecule has 16 heavy (non-hydrogen) atoms. The summed E-state index contributed by atoms with van der Waals surface area (Å²) >= 11 is 0. The number of carbonyl (C=O) groups is 1. The van der Waals surface area contributed by atoms with E-state index in [-0.39, 0.29) is 12.4 Å². The van der Waals surface area contributed by atoms with Gasteiger partial charge in [0.05, 0.1) is 0 Å². The van der Waals surface area contributed by atoms with Crippen LogP contribution in [0.2, 0.25) is 0 Å². The van der Waals surface area contributed by atoms with Gasteiger partial charge < -0.3 is 5.32 Å².